The number of hydrogen-bond acceptors (Lipinski definition) is 2. The zero-order valence-electron chi connectivity index (χ0n) is 16.1. The number of hydrogen-bond donors (Lipinski definition) is 0. The van der Waals surface area contributed by atoms with E-state index in [0.29, 0.717) is 13.0 Å². The second-order valence-corrected chi connectivity index (χ2v) is 7.22. The fourth-order valence-electron chi connectivity index (χ4n) is 3.91. The van der Waals surface area contributed by atoms with Crippen molar-refractivity contribution in [2.24, 2.45) is 0 Å². The molecule has 0 radical (unpaired) electrons. The summed E-state index contributed by atoms with van der Waals surface area (Å²) in [5.41, 5.74) is 5.86. The molecule has 1 unspecified atom stereocenters. The summed E-state index contributed by atoms with van der Waals surface area (Å²) in [5.74, 6) is 0.450. The highest BCUT2D eigenvalue weighted by atomic mass is 16.5. The fourth-order valence-corrected chi connectivity index (χ4v) is 3.91. The Morgan fingerprint density at radius 2 is 1.69 bits per heavy atom. The first-order valence-electron chi connectivity index (χ1n) is 10.1. The third kappa shape index (κ3) is 3.91. The summed E-state index contributed by atoms with van der Waals surface area (Å²) in [7, 11) is 0. The first-order valence-corrected chi connectivity index (χ1v) is 10.1. The van der Waals surface area contributed by atoms with E-state index in [9.17, 15) is 4.79 Å². The van der Waals surface area contributed by atoms with Gasteiger partial charge in [0.05, 0.1) is 6.61 Å². The minimum Gasteiger partial charge on any atom is -0.380 e. The number of ether oxygens (including phenoxy) is 1. The summed E-state index contributed by atoms with van der Waals surface area (Å²) >= 11 is 0. The van der Waals surface area contributed by atoms with Crippen LogP contribution in [-0.2, 0) is 4.74 Å². The van der Waals surface area contributed by atoms with Crippen LogP contribution in [-0.4, -0.2) is 19.0 Å². The Bertz CT molecular complexity index is 748. The van der Waals surface area contributed by atoms with E-state index >= 15 is 0 Å². The van der Waals surface area contributed by atoms with Gasteiger partial charge in [0.15, 0.2) is 5.78 Å². The lowest BCUT2D eigenvalue weighted by Crippen LogP contribution is -2.12. The highest BCUT2D eigenvalue weighted by Gasteiger charge is 2.32. The number of fused-ring (bicyclic) bond motifs is 3. The van der Waals surface area contributed by atoms with Crippen molar-refractivity contribution in [3.8, 4) is 11.1 Å². The molecule has 1 aliphatic rings. The standard InChI is InChI=1S/C24H30O2/c1-3-5-7-15-23(25)21-14-10-13-20-18-11-8-9-12-19(18)22(24(20)21)17-26-16-6-4-2/h8-14,22H,3-7,15-17H2,1-2H3. The molecule has 2 aromatic rings. The second-order valence-electron chi connectivity index (χ2n) is 7.22. The van der Waals surface area contributed by atoms with Crippen molar-refractivity contribution in [3.05, 3.63) is 59.2 Å². The minimum absolute atomic E-state index is 0.171. The van der Waals surface area contributed by atoms with E-state index in [0.717, 1.165) is 44.3 Å². The number of carbonyl (C=O) groups excluding carboxylic acids is 1. The number of rotatable bonds is 10. The maximum absolute atomic E-state index is 12.9. The molecule has 0 N–H and O–H groups in total. The Morgan fingerprint density at radius 3 is 2.50 bits per heavy atom. The zero-order valence-corrected chi connectivity index (χ0v) is 16.1. The number of ketones is 1. The van der Waals surface area contributed by atoms with Crippen LogP contribution in [0.3, 0.4) is 0 Å². The van der Waals surface area contributed by atoms with Gasteiger partial charge in [-0.05, 0) is 35.1 Å². The number of Topliss-reactive ketones (excluding diaryl/α,β-unsaturated/α-hetero) is 1. The topological polar surface area (TPSA) is 26.3 Å². The third-order valence-electron chi connectivity index (χ3n) is 5.32. The molecule has 0 aliphatic heterocycles. The highest BCUT2D eigenvalue weighted by molar-refractivity contribution is 6.01. The molecule has 0 saturated carbocycles. The van der Waals surface area contributed by atoms with Crippen molar-refractivity contribution in [3.63, 3.8) is 0 Å². The highest BCUT2D eigenvalue weighted by Crippen LogP contribution is 2.46. The molecule has 0 fully saturated rings. The molecule has 138 valence electrons. The largest absolute Gasteiger partial charge is 0.380 e. The summed E-state index contributed by atoms with van der Waals surface area (Å²) in [5, 5.41) is 0. The number of carbonyl (C=O) groups is 1. The van der Waals surface area contributed by atoms with Gasteiger partial charge in [0, 0.05) is 24.5 Å². The van der Waals surface area contributed by atoms with Crippen LogP contribution >= 0.6 is 0 Å². The normalized spacial score (nSPS) is 14.9. The van der Waals surface area contributed by atoms with Crippen LogP contribution in [0.5, 0.6) is 0 Å². The van der Waals surface area contributed by atoms with Gasteiger partial charge in [-0.15, -0.1) is 0 Å². The van der Waals surface area contributed by atoms with Crippen LogP contribution in [0.2, 0.25) is 0 Å². The molecule has 1 atom stereocenters. The molecule has 3 rings (SSSR count). The lowest BCUT2D eigenvalue weighted by Gasteiger charge is -2.17. The van der Waals surface area contributed by atoms with Crippen molar-refractivity contribution in [1.29, 1.82) is 0 Å². The van der Waals surface area contributed by atoms with E-state index < -0.39 is 0 Å². The summed E-state index contributed by atoms with van der Waals surface area (Å²) in [4.78, 5) is 12.9. The van der Waals surface area contributed by atoms with Gasteiger partial charge < -0.3 is 4.74 Å². The lowest BCUT2D eigenvalue weighted by molar-refractivity contribution is 0.0976. The average Bonchev–Trinajstić information content (AvgIpc) is 2.99. The summed E-state index contributed by atoms with van der Waals surface area (Å²) in [6, 6.07) is 14.7. The average molecular weight is 351 g/mol. The van der Waals surface area contributed by atoms with Gasteiger partial charge in [-0.1, -0.05) is 75.6 Å². The van der Waals surface area contributed by atoms with Crippen molar-refractivity contribution in [2.45, 2.75) is 58.3 Å². The second kappa shape index (κ2) is 9.14. The van der Waals surface area contributed by atoms with Crippen molar-refractivity contribution in [2.75, 3.05) is 13.2 Å². The quantitative estimate of drug-likeness (QED) is 0.367. The number of benzene rings is 2. The van der Waals surface area contributed by atoms with Crippen molar-refractivity contribution >= 4 is 5.78 Å². The Hall–Kier alpha value is -1.93. The van der Waals surface area contributed by atoms with Crippen LogP contribution in [0.25, 0.3) is 11.1 Å². The van der Waals surface area contributed by atoms with Gasteiger partial charge in [0.2, 0.25) is 0 Å². The molecule has 0 amide bonds. The van der Waals surface area contributed by atoms with Gasteiger partial charge in [-0.25, -0.2) is 0 Å². The summed E-state index contributed by atoms with van der Waals surface area (Å²) < 4.78 is 5.99. The monoisotopic (exact) mass is 350 g/mol. The van der Waals surface area contributed by atoms with E-state index in [1.807, 2.05) is 12.1 Å². The molecule has 2 aromatic carbocycles. The first kappa shape index (κ1) is 18.8. The van der Waals surface area contributed by atoms with E-state index in [2.05, 4.69) is 44.2 Å². The van der Waals surface area contributed by atoms with Gasteiger partial charge in [0.25, 0.3) is 0 Å². The van der Waals surface area contributed by atoms with Gasteiger partial charge in [0.1, 0.15) is 0 Å². The molecule has 2 heteroatoms. The van der Waals surface area contributed by atoms with E-state index in [-0.39, 0.29) is 11.7 Å². The Labute approximate surface area is 157 Å². The number of unbranched alkanes of at least 4 members (excludes halogenated alkanes) is 3. The third-order valence-corrected chi connectivity index (χ3v) is 5.32. The molecule has 0 bridgehead atoms. The van der Waals surface area contributed by atoms with Crippen LogP contribution in [0, 0.1) is 0 Å². The van der Waals surface area contributed by atoms with Crippen LogP contribution in [0.1, 0.15) is 79.8 Å². The zero-order chi connectivity index (χ0) is 18.4. The minimum atomic E-state index is 0.171. The van der Waals surface area contributed by atoms with E-state index in [1.165, 1.54) is 22.3 Å². The predicted molar refractivity (Wildman–Crippen MR) is 108 cm³/mol. The molecule has 0 aromatic heterocycles. The predicted octanol–water partition coefficient (Wildman–Crippen LogP) is 6.38. The maximum atomic E-state index is 12.9. The summed E-state index contributed by atoms with van der Waals surface area (Å²) in [6.45, 7) is 5.79. The van der Waals surface area contributed by atoms with Gasteiger partial charge in [-0.3, -0.25) is 4.79 Å². The molecular weight excluding hydrogens is 320 g/mol. The summed E-state index contributed by atoms with van der Waals surface area (Å²) in [6.07, 6.45) is 6.09. The molecule has 0 spiro atoms. The molecule has 2 nitrogen and oxygen atoms in total. The lowest BCUT2D eigenvalue weighted by atomic mass is 9.90. The Morgan fingerprint density at radius 1 is 0.923 bits per heavy atom. The van der Waals surface area contributed by atoms with E-state index in [4.69, 9.17) is 4.74 Å². The van der Waals surface area contributed by atoms with E-state index in [1.54, 1.807) is 0 Å². The van der Waals surface area contributed by atoms with Gasteiger partial charge >= 0.3 is 0 Å². The van der Waals surface area contributed by atoms with Crippen molar-refractivity contribution < 1.29 is 9.53 Å². The van der Waals surface area contributed by atoms with Crippen molar-refractivity contribution in [1.82, 2.24) is 0 Å². The van der Waals surface area contributed by atoms with Crippen LogP contribution in [0.15, 0.2) is 42.5 Å². The molecular formula is C24H30O2. The Balaban J connectivity index is 1.91. The van der Waals surface area contributed by atoms with Crippen LogP contribution in [0.4, 0.5) is 0 Å². The molecule has 26 heavy (non-hydrogen) atoms. The SMILES string of the molecule is CCCCCC(=O)c1cccc2c1C(COCCCC)c1ccccc1-2. The first-order chi connectivity index (χ1) is 12.8. The Kier molecular flexibility index (Phi) is 6.62. The fraction of sp³-hybridized carbons (Fsp3) is 0.458. The molecule has 0 heterocycles. The smallest absolute Gasteiger partial charge is 0.163 e. The van der Waals surface area contributed by atoms with Crippen LogP contribution < -0.4 is 0 Å². The molecule has 1 aliphatic carbocycles. The maximum Gasteiger partial charge on any atom is 0.163 e. The molecule has 0 saturated heterocycles. The van der Waals surface area contributed by atoms with Gasteiger partial charge in [-0.2, -0.15) is 0 Å².